The first-order valence-electron chi connectivity index (χ1n) is 8.22. The maximum Gasteiger partial charge on any atom is 0.408 e. The molecule has 1 N–H and O–H groups in total. The van der Waals surface area contributed by atoms with Gasteiger partial charge < -0.3 is 14.5 Å². The number of hydrogen-bond acceptors (Lipinski definition) is 6. The van der Waals surface area contributed by atoms with Crippen molar-refractivity contribution in [2.75, 3.05) is 0 Å². The fourth-order valence-electron chi connectivity index (χ4n) is 2.46. The van der Waals surface area contributed by atoms with Crippen LogP contribution < -0.4 is 5.43 Å². The summed E-state index contributed by atoms with van der Waals surface area (Å²) in [4.78, 5) is 22.4. The van der Waals surface area contributed by atoms with Crippen LogP contribution in [0.1, 0.15) is 33.1 Å². The lowest BCUT2D eigenvalue weighted by Gasteiger charge is -1.99. The molecule has 0 bridgehead atoms. The highest BCUT2D eigenvalue weighted by Gasteiger charge is 2.24. The van der Waals surface area contributed by atoms with Crippen LogP contribution in [0.3, 0.4) is 0 Å². The van der Waals surface area contributed by atoms with E-state index in [9.17, 15) is 14.9 Å². The molecule has 0 saturated heterocycles. The van der Waals surface area contributed by atoms with E-state index in [2.05, 4.69) is 15.6 Å². The molecule has 9 nitrogen and oxygen atoms in total. The smallest absolute Gasteiger partial charge is 0.408 e. The number of nitrogens with one attached hydrogen (secondary N) is 1. The largest absolute Gasteiger partial charge is 0.454 e. The predicted octanol–water partition coefficient (Wildman–Crippen LogP) is 3.47. The summed E-state index contributed by atoms with van der Waals surface area (Å²) in [5, 5.41) is 18.7. The molecule has 3 rings (SSSR count). The van der Waals surface area contributed by atoms with Crippen LogP contribution in [0.4, 0.5) is 5.82 Å². The Kier molecular flexibility index (Phi) is 5.55. The number of aromatic nitrogens is 2. The van der Waals surface area contributed by atoms with Crippen molar-refractivity contribution in [1.82, 2.24) is 15.2 Å². The van der Waals surface area contributed by atoms with E-state index in [1.807, 2.05) is 31.2 Å². The van der Waals surface area contributed by atoms with Crippen molar-refractivity contribution in [1.29, 1.82) is 0 Å². The number of aryl methyl sites for hydroxylation is 1. The van der Waals surface area contributed by atoms with Crippen LogP contribution in [0.25, 0.3) is 0 Å². The highest BCUT2D eigenvalue weighted by atomic mass is 35.5. The molecule has 28 heavy (non-hydrogen) atoms. The van der Waals surface area contributed by atoms with Crippen LogP contribution in [0.15, 0.2) is 45.9 Å². The first-order valence-corrected chi connectivity index (χ1v) is 8.59. The Balaban J connectivity index is 1.67. The minimum Gasteiger partial charge on any atom is -0.454 e. The molecule has 0 unspecified atom stereocenters. The standard InChI is InChI=1S/C18H16ClN5O4/c1-11-5-3-4-6-13(11)9-20-21-18(25)15-8-7-14(28-15)10-23-12(2)16(19)17(22-23)24(26)27/h3-9H,10H2,1-2H3,(H,21,25). The van der Waals surface area contributed by atoms with E-state index in [4.69, 9.17) is 16.0 Å². The zero-order valence-corrected chi connectivity index (χ0v) is 15.8. The molecule has 1 aromatic carbocycles. The highest BCUT2D eigenvalue weighted by molar-refractivity contribution is 6.33. The Morgan fingerprint density at radius 1 is 1.36 bits per heavy atom. The monoisotopic (exact) mass is 401 g/mol. The summed E-state index contributed by atoms with van der Waals surface area (Å²) >= 11 is 5.91. The van der Waals surface area contributed by atoms with E-state index in [1.54, 1.807) is 19.2 Å². The molecule has 0 radical (unpaired) electrons. The van der Waals surface area contributed by atoms with Gasteiger partial charge in [-0.3, -0.25) is 4.79 Å². The fraction of sp³-hybridized carbons (Fsp3) is 0.167. The van der Waals surface area contributed by atoms with Crippen LogP contribution in [0.2, 0.25) is 5.02 Å². The van der Waals surface area contributed by atoms with Gasteiger partial charge in [0.25, 0.3) is 0 Å². The molecule has 0 saturated carbocycles. The maximum atomic E-state index is 12.1. The molecule has 2 aromatic heterocycles. The minimum absolute atomic E-state index is 0.0277. The Hall–Kier alpha value is -3.46. The van der Waals surface area contributed by atoms with Gasteiger partial charge in [-0.25, -0.2) is 5.43 Å². The van der Waals surface area contributed by atoms with E-state index in [-0.39, 0.29) is 17.3 Å². The van der Waals surface area contributed by atoms with Gasteiger partial charge in [0, 0.05) is 0 Å². The van der Waals surface area contributed by atoms with Crippen molar-refractivity contribution in [3.05, 3.63) is 79.9 Å². The number of hydrogen-bond donors (Lipinski definition) is 1. The molecule has 0 spiro atoms. The van der Waals surface area contributed by atoms with E-state index < -0.39 is 16.6 Å². The predicted molar refractivity (Wildman–Crippen MR) is 103 cm³/mol. The SMILES string of the molecule is Cc1ccccc1C=NNC(=O)c1ccc(Cn2nc([N+](=O)[O-])c(Cl)c2C)o1. The second kappa shape index (κ2) is 8.05. The zero-order chi connectivity index (χ0) is 20.3. The fourth-order valence-corrected chi connectivity index (χ4v) is 2.66. The van der Waals surface area contributed by atoms with Crippen molar-refractivity contribution in [3.63, 3.8) is 0 Å². The molecule has 0 aliphatic carbocycles. The van der Waals surface area contributed by atoms with Gasteiger partial charge in [-0.1, -0.05) is 35.9 Å². The van der Waals surface area contributed by atoms with Crippen LogP contribution in [0, 0.1) is 24.0 Å². The van der Waals surface area contributed by atoms with E-state index in [0.717, 1.165) is 11.1 Å². The van der Waals surface area contributed by atoms with Gasteiger partial charge >= 0.3 is 11.7 Å². The summed E-state index contributed by atoms with van der Waals surface area (Å²) in [6.07, 6.45) is 1.55. The van der Waals surface area contributed by atoms with Gasteiger partial charge in [-0.2, -0.15) is 9.78 Å². The first kappa shape index (κ1) is 19.3. The second-order valence-corrected chi connectivity index (χ2v) is 6.34. The minimum atomic E-state index is -0.653. The molecule has 0 atom stereocenters. The lowest BCUT2D eigenvalue weighted by atomic mass is 10.1. The average Bonchev–Trinajstić information content (AvgIpc) is 3.24. The number of hydrazone groups is 1. The van der Waals surface area contributed by atoms with Gasteiger partial charge in [0.1, 0.15) is 12.3 Å². The average molecular weight is 402 g/mol. The molecule has 0 aliphatic heterocycles. The third-order valence-electron chi connectivity index (χ3n) is 4.04. The third-order valence-corrected chi connectivity index (χ3v) is 4.48. The summed E-state index contributed by atoms with van der Waals surface area (Å²) in [5.41, 5.74) is 4.74. The summed E-state index contributed by atoms with van der Waals surface area (Å²) < 4.78 is 6.83. The first-order chi connectivity index (χ1) is 13.4. The van der Waals surface area contributed by atoms with Crippen LogP contribution in [-0.4, -0.2) is 26.8 Å². The van der Waals surface area contributed by atoms with Gasteiger partial charge in [-0.15, -0.1) is 0 Å². The highest BCUT2D eigenvalue weighted by Crippen LogP contribution is 2.27. The number of carbonyl (C=O) groups is 1. The van der Waals surface area contributed by atoms with Crippen molar-refractivity contribution in [3.8, 4) is 0 Å². The van der Waals surface area contributed by atoms with Crippen molar-refractivity contribution in [2.24, 2.45) is 5.10 Å². The number of amides is 1. The van der Waals surface area contributed by atoms with Crippen molar-refractivity contribution in [2.45, 2.75) is 20.4 Å². The van der Waals surface area contributed by atoms with Gasteiger partial charge in [0.05, 0.1) is 17.0 Å². The number of nitrogens with zero attached hydrogens (tertiary/aromatic N) is 4. The van der Waals surface area contributed by atoms with E-state index >= 15 is 0 Å². The van der Waals surface area contributed by atoms with Crippen molar-refractivity contribution >= 4 is 29.5 Å². The number of furan rings is 1. The maximum absolute atomic E-state index is 12.1. The molecular formula is C18H16ClN5O4. The topological polar surface area (TPSA) is 116 Å². The van der Waals surface area contributed by atoms with Gasteiger partial charge in [0.2, 0.25) is 0 Å². The normalized spacial score (nSPS) is 11.1. The summed E-state index contributed by atoms with van der Waals surface area (Å²) in [6.45, 7) is 3.65. The molecular weight excluding hydrogens is 386 g/mol. The number of rotatable bonds is 6. The zero-order valence-electron chi connectivity index (χ0n) is 15.0. The molecule has 2 heterocycles. The lowest BCUT2D eigenvalue weighted by molar-refractivity contribution is -0.389. The van der Waals surface area contributed by atoms with E-state index in [0.29, 0.717) is 11.5 Å². The summed E-state index contributed by atoms with van der Waals surface area (Å²) in [6, 6.07) is 10.7. The number of nitro groups is 1. The molecule has 0 fully saturated rings. The molecule has 10 heteroatoms. The molecule has 0 aliphatic rings. The molecule has 1 amide bonds. The Morgan fingerprint density at radius 2 is 2.11 bits per heavy atom. The van der Waals surface area contributed by atoms with Gasteiger partial charge in [0.15, 0.2) is 10.8 Å². The van der Waals surface area contributed by atoms with E-state index in [1.165, 1.54) is 10.7 Å². The third kappa shape index (κ3) is 4.09. The Labute approximate surface area is 164 Å². The van der Waals surface area contributed by atoms with Crippen LogP contribution in [0.5, 0.6) is 0 Å². The van der Waals surface area contributed by atoms with Gasteiger partial charge in [-0.05, 0) is 42.0 Å². The Bertz CT molecular complexity index is 1070. The number of benzene rings is 1. The molecule has 3 aromatic rings. The summed E-state index contributed by atoms with van der Waals surface area (Å²) in [5.74, 6) is -0.487. The lowest BCUT2D eigenvalue weighted by Crippen LogP contribution is -2.16. The quantitative estimate of drug-likeness (QED) is 0.385. The number of halogens is 1. The van der Waals surface area contributed by atoms with Crippen LogP contribution in [-0.2, 0) is 6.54 Å². The molecule has 144 valence electrons. The number of carbonyl (C=O) groups excluding carboxylic acids is 1. The van der Waals surface area contributed by atoms with Crippen molar-refractivity contribution < 1.29 is 14.1 Å². The Morgan fingerprint density at radius 3 is 2.79 bits per heavy atom. The summed E-state index contributed by atoms with van der Waals surface area (Å²) in [7, 11) is 0. The second-order valence-electron chi connectivity index (χ2n) is 5.96. The van der Waals surface area contributed by atoms with Crippen LogP contribution >= 0.6 is 11.6 Å².